The summed E-state index contributed by atoms with van der Waals surface area (Å²) in [5.41, 5.74) is 0. The third kappa shape index (κ3) is 4.04. The Balaban J connectivity index is 1.65. The summed E-state index contributed by atoms with van der Waals surface area (Å²) in [7, 11) is 0. The number of rotatable bonds is 9. The van der Waals surface area contributed by atoms with E-state index in [1.54, 1.807) is 0 Å². The van der Waals surface area contributed by atoms with Gasteiger partial charge in [0.15, 0.2) is 6.10 Å². The molecule has 2 saturated heterocycles. The Morgan fingerprint density at radius 1 is 1.10 bits per heavy atom. The predicted molar refractivity (Wildman–Crippen MR) is 69.8 cm³/mol. The first kappa shape index (κ1) is 15.5. The Hall–Kier alpha value is -0.920. The zero-order valence-electron chi connectivity index (χ0n) is 11.9. The van der Waals surface area contributed by atoms with Crippen LogP contribution in [0.1, 0.15) is 39.0 Å². The molecule has 0 saturated carbocycles. The first-order valence-electron chi connectivity index (χ1n) is 7.38. The average molecular weight is 289 g/mol. The molecule has 0 N–H and O–H groups in total. The third-order valence-corrected chi connectivity index (χ3v) is 3.76. The summed E-state index contributed by atoms with van der Waals surface area (Å²) < 4.78 is 16.8. The van der Waals surface area contributed by atoms with E-state index in [2.05, 4.69) is 11.8 Å². The van der Waals surface area contributed by atoms with E-state index in [0.29, 0.717) is 13.2 Å². The quantitative estimate of drug-likeness (QED) is 0.365. The maximum atomic E-state index is 10.4. The largest absolute Gasteiger partial charge is 0.373 e. The van der Waals surface area contributed by atoms with E-state index in [1.807, 2.05) is 0 Å². The molecule has 0 radical (unpaired) electrons. The van der Waals surface area contributed by atoms with Crippen LogP contribution in [0.5, 0.6) is 0 Å². The van der Waals surface area contributed by atoms with Crippen LogP contribution in [-0.2, 0) is 19.0 Å². The fourth-order valence-electron chi connectivity index (χ4n) is 2.71. The van der Waals surface area contributed by atoms with Crippen LogP contribution in [0.15, 0.2) is 0 Å². The molecule has 2 fully saturated rings. The molecule has 0 aromatic heterocycles. The van der Waals surface area contributed by atoms with Crippen LogP contribution in [0.3, 0.4) is 0 Å². The molecule has 0 spiro atoms. The Labute approximate surface area is 118 Å². The van der Waals surface area contributed by atoms with Crippen molar-refractivity contribution in [2.24, 2.45) is 0 Å². The molecule has 0 bridgehead atoms. The summed E-state index contributed by atoms with van der Waals surface area (Å²) in [5, 5.41) is 9.57. The molecule has 4 atom stereocenters. The van der Waals surface area contributed by atoms with Crippen molar-refractivity contribution in [1.29, 1.82) is 0 Å². The van der Waals surface area contributed by atoms with Crippen molar-refractivity contribution < 1.29 is 24.1 Å². The summed E-state index contributed by atoms with van der Waals surface area (Å²) in [4.78, 5) is 14.9. The van der Waals surface area contributed by atoms with E-state index >= 15 is 0 Å². The van der Waals surface area contributed by atoms with Crippen LogP contribution in [0, 0.1) is 10.1 Å². The highest BCUT2D eigenvalue weighted by Gasteiger charge is 2.49. The zero-order chi connectivity index (χ0) is 14.4. The molecule has 0 amide bonds. The van der Waals surface area contributed by atoms with E-state index < -0.39 is 11.2 Å². The molecule has 2 aliphatic heterocycles. The lowest BCUT2D eigenvalue weighted by Gasteiger charge is -2.16. The van der Waals surface area contributed by atoms with Crippen LogP contribution in [0.2, 0.25) is 0 Å². The van der Waals surface area contributed by atoms with Gasteiger partial charge in [0.1, 0.15) is 18.3 Å². The third-order valence-electron chi connectivity index (χ3n) is 3.76. The van der Waals surface area contributed by atoms with Crippen molar-refractivity contribution in [3.63, 3.8) is 0 Å². The van der Waals surface area contributed by atoms with Crippen molar-refractivity contribution in [2.45, 2.75) is 63.4 Å². The molecule has 0 aromatic carbocycles. The van der Waals surface area contributed by atoms with E-state index in [4.69, 9.17) is 14.2 Å². The molecule has 116 valence electrons. The highest BCUT2D eigenvalue weighted by Crippen LogP contribution is 2.30. The first-order chi connectivity index (χ1) is 9.72. The van der Waals surface area contributed by atoms with Crippen molar-refractivity contribution in [3.05, 3.63) is 10.1 Å². The van der Waals surface area contributed by atoms with Crippen LogP contribution in [0.4, 0.5) is 0 Å². The number of hydrogen-bond acceptors (Lipinski definition) is 6. The maximum Gasteiger partial charge on any atom is 0.294 e. The number of hydrogen-bond donors (Lipinski definition) is 0. The molecule has 20 heavy (non-hydrogen) atoms. The second-order valence-corrected chi connectivity index (χ2v) is 5.29. The van der Waals surface area contributed by atoms with E-state index in [0.717, 1.165) is 6.42 Å². The van der Waals surface area contributed by atoms with Gasteiger partial charge in [0, 0.05) is 6.61 Å². The van der Waals surface area contributed by atoms with Crippen LogP contribution >= 0.6 is 0 Å². The van der Waals surface area contributed by atoms with Gasteiger partial charge in [-0.3, -0.25) is 0 Å². The minimum Gasteiger partial charge on any atom is -0.373 e. The van der Waals surface area contributed by atoms with Gasteiger partial charge in [0.2, 0.25) is 0 Å². The summed E-state index contributed by atoms with van der Waals surface area (Å²) in [6.07, 6.45) is 4.54. The van der Waals surface area contributed by atoms with Gasteiger partial charge in [-0.1, -0.05) is 32.6 Å². The molecule has 2 aliphatic rings. The summed E-state index contributed by atoms with van der Waals surface area (Å²) in [6, 6.07) is 0. The number of fused-ring (bicyclic) bond motifs is 1. The van der Waals surface area contributed by atoms with Crippen molar-refractivity contribution in [3.8, 4) is 0 Å². The topological polar surface area (TPSA) is 80.1 Å². The molecular weight excluding hydrogens is 266 g/mol. The number of nitrogens with zero attached hydrogens (tertiary/aromatic N) is 1. The van der Waals surface area contributed by atoms with E-state index in [9.17, 15) is 10.1 Å². The monoisotopic (exact) mass is 289 g/mol. The fraction of sp³-hybridized carbons (Fsp3) is 1.00. The summed E-state index contributed by atoms with van der Waals surface area (Å²) >= 11 is 0. The van der Waals surface area contributed by atoms with Gasteiger partial charge >= 0.3 is 0 Å². The molecule has 7 heteroatoms. The van der Waals surface area contributed by atoms with Gasteiger partial charge in [-0.05, 0) is 6.42 Å². The molecule has 0 aliphatic carbocycles. The standard InChI is InChI=1S/C13H23NO6/c1-2-3-4-5-6-7-17-10-8-18-13-11(20-14(15)16)9-19-12(10)13/h10-13H,2-9H2,1H3/t10-,11?,12+,13+/m0/s1. The van der Waals surface area contributed by atoms with Crippen molar-refractivity contribution in [1.82, 2.24) is 0 Å². The SMILES string of the molecule is CCCCCCCO[C@H]1CO[C@@H]2C(O[N+](=O)[O-])CO[C@H]12. The van der Waals surface area contributed by atoms with Gasteiger partial charge < -0.3 is 19.0 Å². The summed E-state index contributed by atoms with van der Waals surface area (Å²) in [6.45, 7) is 3.48. The molecule has 7 nitrogen and oxygen atoms in total. The predicted octanol–water partition coefficient (Wildman–Crippen LogP) is 1.72. The number of ether oxygens (including phenoxy) is 3. The van der Waals surface area contributed by atoms with Crippen LogP contribution < -0.4 is 0 Å². The normalized spacial score (nSPS) is 32.2. The van der Waals surface area contributed by atoms with Gasteiger partial charge in [0.05, 0.1) is 13.2 Å². The number of unbranched alkanes of at least 4 members (excludes halogenated alkanes) is 4. The van der Waals surface area contributed by atoms with Gasteiger partial charge in [-0.15, -0.1) is 10.1 Å². The van der Waals surface area contributed by atoms with Gasteiger partial charge in [-0.2, -0.15) is 0 Å². The smallest absolute Gasteiger partial charge is 0.294 e. The fourth-order valence-corrected chi connectivity index (χ4v) is 2.71. The van der Waals surface area contributed by atoms with E-state index in [1.165, 1.54) is 25.7 Å². The summed E-state index contributed by atoms with van der Waals surface area (Å²) in [5.74, 6) is 0. The molecule has 2 rings (SSSR count). The molecule has 2 heterocycles. The highest BCUT2D eigenvalue weighted by atomic mass is 17.0. The van der Waals surface area contributed by atoms with Crippen molar-refractivity contribution in [2.75, 3.05) is 19.8 Å². The Morgan fingerprint density at radius 2 is 1.75 bits per heavy atom. The van der Waals surface area contributed by atoms with Crippen LogP contribution in [0.25, 0.3) is 0 Å². The lowest BCUT2D eigenvalue weighted by Crippen LogP contribution is -2.35. The Morgan fingerprint density at radius 3 is 2.45 bits per heavy atom. The molecule has 1 unspecified atom stereocenters. The average Bonchev–Trinajstić information content (AvgIpc) is 2.97. The van der Waals surface area contributed by atoms with E-state index in [-0.39, 0.29) is 24.9 Å². The lowest BCUT2D eigenvalue weighted by atomic mass is 10.1. The zero-order valence-corrected chi connectivity index (χ0v) is 11.9. The Bertz CT molecular complexity index is 313. The molecule has 0 aromatic rings. The van der Waals surface area contributed by atoms with Gasteiger partial charge in [0.25, 0.3) is 5.09 Å². The lowest BCUT2D eigenvalue weighted by molar-refractivity contribution is -0.769. The minimum absolute atomic E-state index is 0.133. The highest BCUT2D eigenvalue weighted by molar-refractivity contribution is 4.95. The second kappa shape index (κ2) is 7.75. The molecular formula is C13H23NO6. The van der Waals surface area contributed by atoms with Gasteiger partial charge in [-0.25, -0.2) is 0 Å². The first-order valence-corrected chi connectivity index (χ1v) is 7.38. The van der Waals surface area contributed by atoms with Crippen molar-refractivity contribution >= 4 is 0 Å². The van der Waals surface area contributed by atoms with Crippen LogP contribution in [-0.4, -0.2) is 49.3 Å². The second-order valence-electron chi connectivity index (χ2n) is 5.29. The minimum atomic E-state index is -0.790. The Kier molecular flexibility index (Phi) is 6.00. The maximum absolute atomic E-state index is 10.4.